The molecule has 0 spiro atoms. The Bertz CT molecular complexity index is 585. The van der Waals surface area contributed by atoms with Gasteiger partial charge in [-0.15, -0.1) is 0 Å². The fourth-order valence-electron chi connectivity index (χ4n) is 2.20. The Hall–Kier alpha value is -2.29. The molecule has 0 amide bonds. The number of benzene rings is 2. The van der Waals surface area contributed by atoms with E-state index in [1.54, 1.807) is 12.1 Å². The van der Waals surface area contributed by atoms with E-state index < -0.39 is 6.16 Å². The Labute approximate surface area is 125 Å². The van der Waals surface area contributed by atoms with Crippen LogP contribution in [0.2, 0.25) is 0 Å². The van der Waals surface area contributed by atoms with Crippen molar-refractivity contribution < 1.29 is 14.6 Å². The van der Waals surface area contributed by atoms with Gasteiger partial charge in [-0.05, 0) is 41.2 Å². The maximum absolute atomic E-state index is 10.5. The predicted octanol–water partition coefficient (Wildman–Crippen LogP) is 5.00. The Morgan fingerprint density at radius 3 is 2.05 bits per heavy atom. The molecular weight excluding hydrogens is 264 g/mol. The maximum atomic E-state index is 10.5. The second-order valence-corrected chi connectivity index (χ2v) is 5.31. The molecule has 1 atom stereocenters. The fourth-order valence-corrected chi connectivity index (χ4v) is 2.20. The van der Waals surface area contributed by atoms with Crippen LogP contribution >= 0.6 is 0 Å². The largest absolute Gasteiger partial charge is 0.511 e. The minimum Gasteiger partial charge on any atom is -0.449 e. The summed E-state index contributed by atoms with van der Waals surface area (Å²) >= 11 is 0. The van der Waals surface area contributed by atoms with E-state index in [0.717, 1.165) is 17.5 Å². The third-order valence-corrected chi connectivity index (χ3v) is 3.63. The van der Waals surface area contributed by atoms with Crippen molar-refractivity contribution in [3.63, 3.8) is 0 Å². The standard InChI is InChI=1S/C18H20O3/c1-3-13(2)12-14-4-6-15(7-5-14)16-8-10-17(11-9-16)21-18(19)20/h4-11,13H,3,12H2,1-2H3,(H,19,20). The number of ether oxygens (including phenoxy) is 1. The van der Waals surface area contributed by atoms with E-state index in [-0.39, 0.29) is 0 Å². The minimum absolute atomic E-state index is 0.333. The van der Waals surface area contributed by atoms with E-state index in [9.17, 15) is 4.79 Å². The van der Waals surface area contributed by atoms with Gasteiger partial charge in [-0.1, -0.05) is 56.7 Å². The van der Waals surface area contributed by atoms with Gasteiger partial charge >= 0.3 is 6.16 Å². The van der Waals surface area contributed by atoms with Gasteiger partial charge in [-0.25, -0.2) is 4.79 Å². The first-order valence-electron chi connectivity index (χ1n) is 7.18. The minimum atomic E-state index is -1.29. The number of carboxylic acid groups (broad SMARTS) is 1. The fraction of sp³-hybridized carbons (Fsp3) is 0.278. The highest BCUT2D eigenvalue weighted by Gasteiger charge is 2.04. The van der Waals surface area contributed by atoms with E-state index in [1.165, 1.54) is 12.0 Å². The number of rotatable bonds is 5. The first-order valence-corrected chi connectivity index (χ1v) is 7.18. The molecule has 0 bridgehead atoms. The van der Waals surface area contributed by atoms with Crippen LogP contribution in [0.25, 0.3) is 11.1 Å². The highest BCUT2D eigenvalue weighted by Crippen LogP contribution is 2.23. The summed E-state index contributed by atoms with van der Waals surface area (Å²) in [5, 5.41) is 8.55. The van der Waals surface area contributed by atoms with Gasteiger partial charge in [0.2, 0.25) is 0 Å². The first-order chi connectivity index (χ1) is 10.1. The van der Waals surface area contributed by atoms with Gasteiger partial charge in [-0.2, -0.15) is 0 Å². The summed E-state index contributed by atoms with van der Waals surface area (Å²) in [5.74, 6) is 1.03. The van der Waals surface area contributed by atoms with E-state index in [4.69, 9.17) is 5.11 Å². The van der Waals surface area contributed by atoms with Crippen molar-refractivity contribution in [2.75, 3.05) is 0 Å². The van der Waals surface area contributed by atoms with Crippen LogP contribution < -0.4 is 4.74 Å². The molecule has 0 saturated carbocycles. The molecule has 2 aromatic rings. The zero-order valence-corrected chi connectivity index (χ0v) is 12.4. The SMILES string of the molecule is CCC(C)Cc1ccc(-c2ccc(OC(=O)O)cc2)cc1. The van der Waals surface area contributed by atoms with Crippen molar-refractivity contribution in [3.05, 3.63) is 54.1 Å². The number of carbonyl (C=O) groups is 1. The van der Waals surface area contributed by atoms with Gasteiger partial charge in [0, 0.05) is 0 Å². The Morgan fingerprint density at radius 1 is 1.05 bits per heavy atom. The van der Waals surface area contributed by atoms with Crippen LogP contribution in [-0.2, 0) is 6.42 Å². The molecule has 21 heavy (non-hydrogen) atoms. The van der Waals surface area contributed by atoms with E-state index in [2.05, 4.69) is 42.8 Å². The topological polar surface area (TPSA) is 46.5 Å². The molecule has 110 valence electrons. The molecule has 0 heterocycles. The molecule has 1 unspecified atom stereocenters. The van der Waals surface area contributed by atoms with Crippen LogP contribution in [0.3, 0.4) is 0 Å². The van der Waals surface area contributed by atoms with Gasteiger partial charge in [0.25, 0.3) is 0 Å². The monoisotopic (exact) mass is 284 g/mol. The molecule has 0 aliphatic rings. The summed E-state index contributed by atoms with van der Waals surface area (Å²) in [4.78, 5) is 10.5. The molecule has 0 aliphatic carbocycles. The molecule has 0 fully saturated rings. The van der Waals surface area contributed by atoms with Gasteiger partial charge in [0.1, 0.15) is 5.75 Å². The lowest BCUT2D eigenvalue weighted by atomic mass is 9.97. The molecule has 3 nitrogen and oxygen atoms in total. The quantitative estimate of drug-likeness (QED) is 0.621. The van der Waals surface area contributed by atoms with Crippen LogP contribution in [0.15, 0.2) is 48.5 Å². The van der Waals surface area contributed by atoms with Crippen LogP contribution in [0.4, 0.5) is 4.79 Å². The summed E-state index contributed by atoms with van der Waals surface area (Å²) in [5.41, 5.74) is 3.51. The summed E-state index contributed by atoms with van der Waals surface area (Å²) in [7, 11) is 0. The number of hydrogen-bond acceptors (Lipinski definition) is 2. The lowest BCUT2D eigenvalue weighted by Crippen LogP contribution is -2.02. The summed E-state index contributed by atoms with van der Waals surface area (Å²) in [6.45, 7) is 4.47. The van der Waals surface area contributed by atoms with Crippen molar-refractivity contribution >= 4 is 6.16 Å². The van der Waals surface area contributed by atoms with Crippen LogP contribution in [0.1, 0.15) is 25.8 Å². The lowest BCUT2D eigenvalue weighted by Gasteiger charge is -2.09. The molecule has 0 aliphatic heterocycles. The molecule has 0 radical (unpaired) electrons. The van der Waals surface area contributed by atoms with E-state index in [1.807, 2.05) is 12.1 Å². The van der Waals surface area contributed by atoms with Crippen molar-refractivity contribution in [3.8, 4) is 16.9 Å². The molecule has 0 aromatic heterocycles. The Morgan fingerprint density at radius 2 is 1.57 bits per heavy atom. The zero-order chi connectivity index (χ0) is 15.2. The molecule has 2 aromatic carbocycles. The molecule has 1 N–H and O–H groups in total. The first kappa shape index (κ1) is 15.1. The van der Waals surface area contributed by atoms with Crippen molar-refractivity contribution in [1.82, 2.24) is 0 Å². The smallest absolute Gasteiger partial charge is 0.449 e. The summed E-state index contributed by atoms with van der Waals surface area (Å²) in [6, 6.07) is 15.6. The van der Waals surface area contributed by atoms with Crippen molar-refractivity contribution in [2.24, 2.45) is 5.92 Å². The Balaban J connectivity index is 2.09. The Kier molecular flexibility index (Phi) is 4.99. The second-order valence-electron chi connectivity index (χ2n) is 5.31. The molecule has 2 rings (SSSR count). The van der Waals surface area contributed by atoms with Gasteiger partial charge in [-0.3, -0.25) is 0 Å². The van der Waals surface area contributed by atoms with E-state index in [0.29, 0.717) is 11.7 Å². The normalized spacial score (nSPS) is 11.9. The van der Waals surface area contributed by atoms with Crippen LogP contribution in [0.5, 0.6) is 5.75 Å². The molecule has 3 heteroatoms. The third-order valence-electron chi connectivity index (χ3n) is 3.63. The van der Waals surface area contributed by atoms with E-state index >= 15 is 0 Å². The zero-order valence-electron chi connectivity index (χ0n) is 12.4. The lowest BCUT2D eigenvalue weighted by molar-refractivity contribution is 0.144. The van der Waals surface area contributed by atoms with Crippen LogP contribution in [0, 0.1) is 5.92 Å². The number of hydrogen-bond donors (Lipinski definition) is 1. The van der Waals surface area contributed by atoms with Crippen molar-refractivity contribution in [2.45, 2.75) is 26.7 Å². The average molecular weight is 284 g/mol. The predicted molar refractivity (Wildman–Crippen MR) is 83.7 cm³/mol. The third kappa shape index (κ3) is 4.35. The highest BCUT2D eigenvalue weighted by molar-refractivity contribution is 5.66. The maximum Gasteiger partial charge on any atom is 0.511 e. The highest BCUT2D eigenvalue weighted by atomic mass is 16.7. The average Bonchev–Trinajstić information content (AvgIpc) is 2.48. The van der Waals surface area contributed by atoms with Crippen LogP contribution in [-0.4, -0.2) is 11.3 Å². The molecular formula is C18H20O3. The van der Waals surface area contributed by atoms with Gasteiger partial charge in [0.15, 0.2) is 0 Å². The van der Waals surface area contributed by atoms with Gasteiger partial charge < -0.3 is 9.84 Å². The molecule has 0 saturated heterocycles. The summed E-state index contributed by atoms with van der Waals surface area (Å²) in [6.07, 6.45) is 0.992. The van der Waals surface area contributed by atoms with Crippen molar-refractivity contribution in [1.29, 1.82) is 0 Å². The summed E-state index contributed by atoms with van der Waals surface area (Å²) < 4.78 is 4.60. The van der Waals surface area contributed by atoms with Gasteiger partial charge in [0.05, 0.1) is 0 Å². The second kappa shape index (κ2) is 6.93.